The van der Waals surface area contributed by atoms with Gasteiger partial charge in [-0.05, 0) is 78.7 Å². The molecule has 5 nitrogen and oxygen atoms in total. The Morgan fingerprint density at radius 2 is 1.81 bits per heavy atom. The van der Waals surface area contributed by atoms with Crippen molar-refractivity contribution in [3.05, 3.63) is 92.8 Å². The Morgan fingerprint density at radius 3 is 2.45 bits per heavy atom. The van der Waals surface area contributed by atoms with Crippen molar-refractivity contribution in [3.63, 3.8) is 0 Å². The fourth-order valence-electron chi connectivity index (χ4n) is 2.96. The van der Waals surface area contributed by atoms with Crippen LogP contribution in [0.15, 0.2) is 65.7 Å². The van der Waals surface area contributed by atoms with Crippen LogP contribution in [0.25, 0.3) is 6.08 Å². The Balaban J connectivity index is 1.68. The summed E-state index contributed by atoms with van der Waals surface area (Å²) in [6, 6.07) is 17.0. The molecular formula is C25H26N2O3S. The summed E-state index contributed by atoms with van der Waals surface area (Å²) in [6.07, 6.45) is 2.37. The molecule has 2 aromatic carbocycles. The summed E-state index contributed by atoms with van der Waals surface area (Å²) in [7, 11) is 1.63. The zero-order valence-corrected chi connectivity index (χ0v) is 18.7. The van der Waals surface area contributed by atoms with E-state index in [0.29, 0.717) is 18.5 Å². The van der Waals surface area contributed by atoms with E-state index >= 15 is 0 Å². The number of hydrogen-bond acceptors (Lipinski definition) is 4. The van der Waals surface area contributed by atoms with E-state index in [2.05, 4.69) is 10.6 Å². The van der Waals surface area contributed by atoms with E-state index in [-0.39, 0.29) is 17.5 Å². The normalized spacial score (nSPS) is 11.1. The highest BCUT2D eigenvalue weighted by Gasteiger charge is 2.15. The fraction of sp³-hybridized carbons (Fsp3) is 0.200. The smallest absolute Gasteiger partial charge is 0.267 e. The van der Waals surface area contributed by atoms with Crippen LogP contribution in [-0.4, -0.2) is 25.5 Å². The third-order valence-corrected chi connectivity index (χ3v) is 5.77. The second kappa shape index (κ2) is 10.6. The van der Waals surface area contributed by atoms with Crippen molar-refractivity contribution in [3.8, 4) is 5.75 Å². The van der Waals surface area contributed by atoms with Gasteiger partial charge in [0.15, 0.2) is 0 Å². The summed E-state index contributed by atoms with van der Waals surface area (Å²) in [6.45, 7) is 4.41. The first-order chi connectivity index (χ1) is 15.0. The van der Waals surface area contributed by atoms with E-state index in [4.69, 9.17) is 4.74 Å². The number of benzene rings is 2. The second-order valence-electron chi connectivity index (χ2n) is 7.18. The lowest BCUT2D eigenvalue weighted by Crippen LogP contribution is -2.35. The van der Waals surface area contributed by atoms with Crippen LogP contribution in [0.5, 0.6) is 5.75 Å². The van der Waals surface area contributed by atoms with Gasteiger partial charge in [-0.3, -0.25) is 9.59 Å². The van der Waals surface area contributed by atoms with E-state index in [0.717, 1.165) is 27.3 Å². The largest absolute Gasteiger partial charge is 0.497 e. The number of aryl methyl sites for hydroxylation is 2. The van der Waals surface area contributed by atoms with Crippen molar-refractivity contribution in [1.29, 1.82) is 0 Å². The number of carbonyl (C=O) groups is 2. The molecule has 1 heterocycles. The first-order valence-electron chi connectivity index (χ1n) is 10.0. The zero-order valence-electron chi connectivity index (χ0n) is 17.9. The molecule has 3 aromatic rings. The predicted molar refractivity (Wildman–Crippen MR) is 125 cm³/mol. The van der Waals surface area contributed by atoms with Crippen LogP contribution in [0.3, 0.4) is 0 Å². The van der Waals surface area contributed by atoms with Crippen molar-refractivity contribution in [1.82, 2.24) is 10.6 Å². The van der Waals surface area contributed by atoms with Gasteiger partial charge in [-0.25, -0.2) is 0 Å². The number of rotatable bonds is 8. The molecule has 0 bridgehead atoms. The average molecular weight is 435 g/mol. The maximum atomic E-state index is 12.8. The molecule has 0 saturated heterocycles. The molecule has 160 valence electrons. The highest BCUT2D eigenvalue weighted by Crippen LogP contribution is 2.15. The van der Waals surface area contributed by atoms with Gasteiger partial charge >= 0.3 is 0 Å². The molecule has 0 spiro atoms. The van der Waals surface area contributed by atoms with Gasteiger partial charge < -0.3 is 15.4 Å². The molecule has 2 N–H and O–H groups in total. The third kappa shape index (κ3) is 6.30. The van der Waals surface area contributed by atoms with Crippen LogP contribution in [0.2, 0.25) is 0 Å². The van der Waals surface area contributed by atoms with E-state index in [1.54, 1.807) is 19.3 Å². The number of methoxy groups -OCH3 is 1. The SMILES string of the molecule is COc1ccc(CCNC(=O)C(=Cc2cccs2)NC(=O)c2ccc(C)c(C)c2)cc1. The van der Waals surface area contributed by atoms with Crippen molar-refractivity contribution < 1.29 is 14.3 Å². The van der Waals surface area contributed by atoms with Crippen molar-refractivity contribution in [2.45, 2.75) is 20.3 Å². The summed E-state index contributed by atoms with van der Waals surface area (Å²) in [5.74, 6) is 0.165. The monoisotopic (exact) mass is 434 g/mol. The fourth-order valence-corrected chi connectivity index (χ4v) is 3.62. The molecule has 6 heteroatoms. The molecule has 1 aromatic heterocycles. The van der Waals surface area contributed by atoms with Crippen LogP contribution in [0.1, 0.15) is 31.9 Å². The lowest BCUT2D eigenvalue weighted by atomic mass is 10.1. The number of hydrogen-bond donors (Lipinski definition) is 2. The summed E-state index contributed by atoms with van der Waals surface area (Å²) < 4.78 is 5.16. The first kappa shape index (κ1) is 22.3. The van der Waals surface area contributed by atoms with Gasteiger partial charge in [-0.2, -0.15) is 0 Å². The molecule has 0 radical (unpaired) electrons. The van der Waals surface area contributed by atoms with E-state index in [1.807, 2.05) is 67.8 Å². The molecule has 2 amide bonds. The highest BCUT2D eigenvalue weighted by molar-refractivity contribution is 7.10. The zero-order chi connectivity index (χ0) is 22.2. The average Bonchev–Trinajstić information content (AvgIpc) is 3.28. The first-order valence-corrected chi connectivity index (χ1v) is 10.9. The van der Waals surface area contributed by atoms with E-state index < -0.39 is 0 Å². The van der Waals surface area contributed by atoms with Crippen molar-refractivity contribution >= 4 is 29.2 Å². The topological polar surface area (TPSA) is 67.4 Å². The van der Waals surface area contributed by atoms with Crippen molar-refractivity contribution in [2.24, 2.45) is 0 Å². The Labute approximate surface area is 186 Å². The van der Waals surface area contributed by atoms with Gasteiger partial charge in [0.05, 0.1) is 7.11 Å². The Kier molecular flexibility index (Phi) is 7.62. The quantitative estimate of drug-likeness (QED) is 0.513. The van der Waals surface area contributed by atoms with Crippen LogP contribution in [0, 0.1) is 13.8 Å². The number of ether oxygens (including phenoxy) is 1. The highest BCUT2D eigenvalue weighted by atomic mass is 32.1. The lowest BCUT2D eigenvalue weighted by molar-refractivity contribution is -0.117. The van der Waals surface area contributed by atoms with Gasteiger partial charge in [0, 0.05) is 17.0 Å². The molecular weight excluding hydrogens is 408 g/mol. The molecule has 0 unspecified atom stereocenters. The molecule has 0 saturated carbocycles. The molecule has 31 heavy (non-hydrogen) atoms. The minimum Gasteiger partial charge on any atom is -0.497 e. The lowest BCUT2D eigenvalue weighted by Gasteiger charge is -2.12. The van der Waals surface area contributed by atoms with Gasteiger partial charge in [0.25, 0.3) is 11.8 Å². The summed E-state index contributed by atoms with van der Waals surface area (Å²) in [5, 5.41) is 7.61. The third-order valence-electron chi connectivity index (χ3n) is 4.95. The molecule has 0 fully saturated rings. The minimum absolute atomic E-state index is 0.223. The molecule has 3 rings (SSSR count). The summed E-state index contributed by atoms with van der Waals surface area (Å²) in [5.41, 5.74) is 3.97. The summed E-state index contributed by atoms with van der Waals surface area (Å²) in [4.78, 5) is 26.5. The predicted octanol–water partition coefficient (Wildman–Crippen LogP) is 4.50. The van der Waals surface area contributed by atoms with Crippen LogP contribution >= 0.6 is 11.3 Å². The van der Waals surface area contributed by atoms with E-state index in [9.17, 15) is 9.59 Å². The molecule has 0 atom stereocenters. The van der Waals surface area contributed by atoms with Crippen molar-refractivity contribution in [2.75, 3.05) is 13.7 Å². The summed E-state index contributed by atoms with van der Waals surface area (Å²) >= 11 is 1.50. The second-order valence-corrected chi connectivity index (χ2v) is 8.16. The number of thiophene rings is 1. The van der Waals surface area contributed by atoms with Gasteiger partial charge in [0.2, 0.25) is 0 Å². The molecule has 0 aliphatic rings. The number of carbonyl (C=O) groups excluding carboxylic acids is 2. The van der Waals surface area contributed by atoms with Gasteiger partial charge in [-0.15, -0.1) is 11.3 Å². The maximum absolute atomic E-state index is 12.8. The maximum Gasteiger partial charge on any atom is 0.267 e. The van der Waals surface area contributed by atoms with Crippen LogP contribution in [0.4, 0.5) is 0 Å². The number of nitrogens with one attached hydrogen (secondary N) is 2. The number of amides is 2. The van der Waals surface area contributed by atoms with Gasteiger partial charge in [-0.1, -0.05) is 24.3 Å². The Hall–Kier alpha value is -3.38. The van der Waals surface area contributed by atoms with Gasteiger partial charge in [0.1, 0.15) is 11.4 Å². The Bertz CT molecular complexity index is 1070. The Morgan fingerprint density at radius 1 is 1.03 bits per heavy atom. The standard InChI is InChI=1S/C25H26N2O3S/c1-17-6-9-20(15-18(17)2)24(28)27-23(16-22-5-4-14-31-22)25(29)26-13-12-19-7-10-21(30-3)11-8-19/h4-11,14-16H,12-13H2,1-3H3,(H,26,29)(H,27,28). The molecule has 0 aliphatic carbocycles. The van der Waals surface area contributed by atoms with E-state index in [1.165, 1.54) is 11.3 Å². The van der Waals surface area contributed by atoms with Crippen LogP contribution < -0.4 is 15.4 Å². The van der Waals surface area contributed by atoms with Crippen LogP contribution in [-0.2, 0) is 11.2 Å². The molecule has 0 aliphatic heterocycles. The minimum atomic E-state index is -0.320.